The molecule has 0 aromatic heterocycles. The fourth-order valence-corrected chi connectivity index (χ4v) is 2.82. The number of methoxy groups -OCH3 is 1. The van der Waals surface area contributed by atoms with Crippen molar-refractivity contribution < 1.29 is 13.2 Å². The summed E-state index contributed by atoms with van der Waals surface area (Å²) in [5.41, 5.74) is 1.01. The van der Waals surface area contributed by atoms with Crippen molar-refractivity contribution >= 4 is 39.8 Å². The van der Waals surface area contributed by atoms with Crippen LogP contribution in [0.15, 0.2) is 34.2 Å². The summed E-state index contributed by atoms with van der Waals surface area (Å²) in [5.74, 6) is 0.675. The highest BCUT2D eigenvalue weighted by molar-refractivity contribution is 14.0. The number of nitrogens with zero attached hydrogens (tertiary/aromatic N) is 1. The molecule has 1 aromatic rings. The summed E-state index contributed by atoms with van der Waals surface area (Å²) < 4.78 is 28.4. The molecule has 0 radical (unpaired) electrons. The van der Waals surface area contributed by atoms with E-state index in [-0.39, 0.29) is 35.5 Å². The number of guanidine groups is 1. The first-order valence-electron chi connectivity index (χ1n) is 7.84. The van der Waals surface area contributed by atoms with Crippen molar-refractivity contribution in [3.8, 4) is 0 Å². The summed E-state index contributed by atoms with van der Waals surface area (Å²) in [6, 6.07) is 6.82. The summed E-state index contributed by atoms with van der Waals surface area (Å²) in [5, 5.41) is 6.46. The number of rotatable bonds is 6. The minimum absolute atomic E-state index is 0. The normalized spacial score (nSPS) is 13.8. The van der Waals surface area contributed by atoms with E-state index in [4.69, 9.17) is 4.74 Å². The van der Waals surface area contributed by atoms with Crippen LogP contribution in [-0.2, 0) is 21.1 Å². The molecule has 0 aliphatic heterocycles. The number of sulfone groups is 1. The van der Waals surface area contributed by atoms with E-state index in [0.29, 0.717) is 23.9 Å². The second-order valence-electron chi connectivity index (χ2n) is 6.81. The van der Waals surface area contributed by atoms with Gasteiger partial charge < -0.3 is 15.4 Å². The monoisotopic (exact) mass is 483 g/mol. The maximum atomic E-state index is 11.5. The van der Waals surface area contributed by atoms with Gasteiger partial charge in [0.05, 0.1) is 11.0 Å². The van der Waals surface area contributed by atoms with Crippen LogP contribution in [0.5, 0.6) is 0 Å². The molecule has 0 fully saturated rings. The molecule has 25 heavy (non-hydrogen) atoms. The second kappa shape index (κ2) is 10.3. The van der Waals surface area contributed by atoms with E-state index in [0.717, 1.165) is 5.56 Å². The SMILES string of the molecule is CN=C(NCc1ccc(S(C)(=O)=O)cc1)NCC(OC)C(C)(C)C.I. The third-order valence-corrected chi connectivity index (χ3v) is 4.87. The number of halogens is 1. The molecule has 8 heteroatoms. The van der Waals surface area contributed by atoms with Gasteiger partial charge in [0, 0.05) is 33.5 Å². The first-order chi connectivity index (χ1) is 11.1. The van der Waals surface area contributed by atoms with E-state index in [9.17, 15) is 8.42 Å². The first-order valence-corrected chi connectivity index (χ1v) is 9.73. The number of ether oxygens (including phenoxy) is 1. The highest BCUT2D eigenvalue weighted by Gasteiger charge is 2.24. The molecule has 0 spiro atoms. The standard InChI is InChI=1S/C17H29N3O3S.HI/c1-17(2,3)15(23-5)12-20-16(18-4)19-11-13-7-9-14(10-8-13)24(6,21)22;/h7-10,15H,11-12H2,1-6H3,(H2,18,19,20);1H. The largest absolute Gasteiger partial charge is 0.379 e. The zero-order valence-corrected chi connectivity index (χ0v) is 18.9. The molecule has 0 bridgehead atoms. The molecule has 0 heterocycles. The number of hydrogen-bond acceptors (Lipinski definition) is 4. The fraction of sp³-hybridized carbons (Fsp3) is 0.588. The lowest BCUT2D eigenvalue weighted by Crippen LogP contribution is -2.45. The molecule has 1 atom stereocenters. The summed E-state index contributed by atoms with van der Waals surface area (Å²) >= 11 is 0. The lowest BCUT2D eigenvalue weighted by atomic mass is 9.89. The predicted octanol–water partition coefficient (Wildman–Crippen LogP) is 2.43. The van der Waals surface area contributed by atoms with E-state index in [1.807, 2.05) is 0 Å². The third-order valence-electron chi connectivity index (χ3n) is 3.74. The van der Waals surface area contributed by atoms with Crippen LogP contribution in [0.1, 0.15) is 26.3 Å². The van der Waals surface area contributed by atoms with Crippen molar-refractivity contribution in [2.75, 3.05) is 27.0 Å². The average Bonchev–Trinajstić information content (AvgIpc) is 2.49. The van der Waals surface area contributed by atoms with Crippen molar-refractivity contribution in [1.82, 2.24) is 10.6 Å². The van der Waals surface area contributed by atoms with Gasteiger partial charge in [0.1, 0.15) is 0 Å². The number of nitrogens with one attached hydrogen (secondary N) is 2. The smallest absolute Gasteiger partial charge is 0.191 e. The molecule has 0 saturated heterocycles. The zero-order valence-electron chi connectivity index (χ0n) is 15.8. The maximum Gasteiger partial charge on any atom is 0.191 e. The average molecular weight is 483 g/mol. The summed E-state index contributed by atoms with van der Waals surface area (Å²) in [4.78, 5) is 4.51. The Morgan fingerprint density at radius 3 is 2.16 bits per heavy atom. The lowest BCUT2D eigenvalue weighted by Gasteiger charge is -2.30. The van der Waals surface area contributed by atoms with Gasteiger partial charge >= 0.3 is 0 Å². The zero-order chi connectivity index (χ0) is 18.4. The minimum atomic E-state index is -3.16. The lowest BCUT2D eigenvalue weighted by molar-refractivity contribution is 0.0205. The molecular formula is C17H30IN3O3S. The van der Waals surface area contributed by atoms with E-state index >= 15 is 0 Å². The van der Waals surface area contributed by atoms with Crippen LogP contribution in [0.25, 0.3) is 0 Å². The van der Waals surface area contributed by atoms with Crippen LogP contribution in [0.4, 0.5) is 0 Å². The van der Waals surface area contributed by atoms with Gasteiger partial charge in [-0.1, -0.05) is 32.9 Å². The van der Waals surface area contributed by atoms with Gasteiger partial charge in [-0.3, -0.25) is 4.99 Å². The molecule has 0 saturated carbocycles. The van der Waals surface area contributed by atoms with Crippen LogP contribution in [0.2, 0.25) is 0 Å². The van der Waals surface area contributed by atoms with Gasteiger partial charge in [0.15, 0.2) is 15.8 Å². The molecule has 1 unspecified atom stereocenters. The second-order valence-corrected chi connectivity index (χ2v) is 8.83. The third kappa shape index (κ3) is 8.37. The van der Waals surface area contributed by atoms with E-state index in [2.05, 4.69) is 36.4 Å². The molecule has 0 amide bonds. The van der Waals surface area contributed by atoms with Crippen LogP contribution < -0.4 is 10.6 Å². The number of hydrogen-bond donors (Lipinski definition) is 2. The molecule has 1 aromatic carbocycles. The molecule has 6 nitrogen and oxygen atoms in total. The van der Waals surface area contributed by atoms with Crippen molar-refractivity contribution in [3.05, 3.63) is 29.8 Å². The van der Waals surface area contributed by atoms with Crippen LogP contribution in [0.3, 0.4) is 0 Å². The predicted molar refractivity (Wildman–Crippen MR) is 113 cm³/mol. The highest BCUT2D eigenvalue weighted by atomic mass is 127. The Balaban J connectivity index is 0.00000576. The topological polar surface area (TPSA) is 79.8 Å². The maximum absolute atomic E-state index is 11.5. The number of aliphatic imine (C=N–C) groups is 1. The molecule has 144 valence electrons. The number of benzene rings is 1. The summed E-state index contributed by atoms with van der Waals surface area (Å²) in [7, 11) is 0.254. The Labute approximate surface area is 168 Å². The van der Waals surface area contributed by atoms with Gasteiger partial charge in [-0.05, 0) is 23.1 Å². The first kappa shape index (κ1) is 24.1. The van der Waals surface area contributed by atoms with Gasteiger partial charge in [0.25, 0.3) is 0 Å². The van der Waals surface area contributed by atoms with Crippen molar-refractivity contribution in [2.45, 2.75) is 38.3 Å². The fourth-order valence-electron chi connectivity index (χ4n) is 2.19. The van der Waals surface area contributed by atoms with Crippen molar-refractivity contribution in [1.29, 1.82) is 0 Å². The highest BCUT2D eigenvalue weighted by Crippen LogP contribution is 2.20. The summed E-state index contributed by atoms with van der Waals surface area (Å²) in [6.45, 7) is 7.58. The Kier molecular flexibility index (Phi) is 9.96. The Bertz CT molecular complexity index is 653. The van der Waals surface area contributed by atoms with E-state index in [1.165, 1.54) is 6.26 Å². The van der Waals surface area contributed by atoms with Crippen molar-refractivity contribution in [2.24, 2.45) is 10.4 Å². The molecule has 0 aliphatic carbocycles. The van der Waals surface area contributed by atoms with E-state index in [1.54, 1.807) is 38.4 Å². The van der Waals surface area contributed by atoms with E-state index < -0.39 is 9.84 Å². The van der Waals surface area contributed by atoms with Crippen LogP contribution in [0, 0.1) is 5.41 Å². The Morgan fingerprint density at radius 2 is 1.76 bits per heavy atom. The summed E-state index contributed by atoms with van der Waals surface area (Å²) in [6.07, 6.45) is 1.26. The Morgan fingerprint density at radius 1 is 1.20 bits per heavy atom. The molecule has 0 aliphatic rings. The van der Waals surface area contributed by atoms with Crippen molar-refractivity contribution in [3.63, 3.8) is 0 Å². The Hall–Kier alpha value is -0.870. The molecular weight excluding hydrogens is 453 g/mol. The minimum Gasteiger partial charge on any atom is -0.379 e. The van der Waals surface area contributed by atoms with Gasteiger partial charge in [0.2, 0.25) is 0 Å². The quantitative estimate of drug-likeness (QED) is 0.369. The van der Waals surface area contributed by atoms with Crippen LogP contribution in [-0.4, -0.2) is 47.4 Å². The van der Waals surface area contributed by atoms with Gasteiger partial charge in [-0.2, -0.15) is 0 Å². The van der Waals surface area contributed by atoms with Gasteiger partial charge in [-0.25, -0.2) is 8.42 Å². The molecule has 1 rings (SSSR count). The molecule has 2 N–H and O–H groups in total. The van der Waals surface area contributed by atoms with Crippen LogP contribution >= 0.6 is 24.0 Å². The van der Waals surface area contributed by atoms with Gasteiger partial charge in [-0.15, -0.1) is 24.0 Å².